The van der Waals surface area contributed by atoms with Crippen LogP contribution in [0.5, 0.6) is 0 Å². The van der Waals surface area contributed by atoms with E-state index in [0.29, 0.717) is 18.1 Å². The second-order valence-electron chi connectivity index (χ2n) is 6.05. The number of hydrogen-bond donors (Lipinski definition) is 1. The van der Waals surface area contributed by atoms with Crippen LogP contribution in [0.1, 0.15) is 41.6 Å². The number of piperidine rings is 1. The van der Waals surface area contributed by atoms with E-state index < -0.39 is 0 Å². The Morgan fingerprint density at radius 2 is 1.74 bits per heavy atom. The number of rotatable bonds is 2. The van der Waals surface area contributed by atoms with Gasteiger partial charge in [0.15, 0.2) is 0 Å². The molecular weight excluding hydrogens is 236 g/mol. The first-order valence-corrected chi connectivity index (χ1v) is 7.23. The molecule has 2 unspecified atom stereocenters. The van der Waals surface area contributed by atoms with Gasteiger partial charge in [-0.25, -0.2) is 0 Å². The standard InChI is InChI=1S/C16H22N2O/c1-11-3-5-12(6-4-11)16(19)18(2)15-9-13-7-8-14(10-15)17-13/h3-6,13-15,17H,7-10H2,1-2H3. The fourth-order valence-corrected chi connectivity index (χ4v) is 3.41. The van der Waals surface area contributed by atoms with Gasteiger partial charge in [0.1, 0.15) is 0 Å². The Morgan fingerprint density at radius 3 is 2.32 bits per heavy atom. The fourth-order valence-electron chi connectivity index (χ4n) is 3.41. The van der Waals surface area contributed by atoms with Crippen LogP contribution in [0.15, 0.2) is 24.3 Å². The zero-order valence-electron chi connectivity index (χ0n) is 11.7. The van der Waals surface area contributed by atoms with Crippen molar-refractivity contribution in [1.29, 1.82) is 0 Å². The predicted molar refractivity (Wildman–Crippen MR) is 76.2 cm³/mol. The second-order valence-corrected chi connectivity index (χ2v) is 6.05. The molecule has 2 heterocycles. The monoisotopic (exact) mass is 258 g/mol. The summed E-state index contributed by atoms with van der Waals surface area (Å²) in [5.74, 6) is 0.159. The number of carbonyl (C=O) groups excluding carboxylic acids is 1. The molecule has 2 fully saturated rings. The van der Waals surface area contributed by atoms with E-state index in [2.05, 4.69) is 5.32 Å². The molecule has 0 aromatic heterocycles. The average molecular weight is 258 g/mol. The first kappa shape index (κ1) is 12.7. The molecule has 0 saturated carbocycles. The summed E-state index contributed by atoms with van der Waals surface area (Å²) < 4.78 is 0. The van der Waals surface area contributed by atoms with Gasteiger partial charge in [-0.05, 0) is 44.7 Å². The number of fused-ring (bicyclic) bond motifs is 2. The Hall–Kier alpha value is -1.35. The van der Waals surface area contributed by atoms with Crippen LogP contribution >= 0.6 is 0 Å². The fraction of sp³-hybridized carbons (Fsp3) is 0.562. The molecule has 3 rings (SSSR count). The van der Waals surface area contributed by atoms with Crippen molar-refractivity contribution in [2.45, 2.75) is 50.7 Å². The maximum atomic E-state index is 12.5. The van der Waals surface area contributed by atoms with Gasteiger partial charge in [-0.3, -0.25) is 4.79 Å². The Labute approximate surface area is 115 Å². The van der Waals surface area contributed by atoms with E-state index in [9.17, 15) is 4.79 Å². The van der Waals surface area contributed by atoms with E-state index in [1.54, 1.807) is 0 Å². The quantitative estimate of drug-likeness (QED) is 0.883. The summed E-state index contributed by atoms with van der Waals surface area (Å²) in [6, 6.07) is 9.52. The van der Waals surface area contributed by atoms with Crippen molar-refractivity contribution in [2.24, 2.45) is 0 Å². The zero-order valence-corrected chi connectivity index (χ0v) is 11.7. The SMILES string of the molecule is Cc1ccc(C(=O)N(C)C2CC3CCC(C2)N3)cc1. The number of nitrogens with one attached hydrogen (secondary N) is 1. The second kappa shape index (κ2) is 4.97. The van der Waals surface area contributed by atoms with Crippen molar-refractivity contribution in [3.63, 3.8) is 0 Å². The van der Waals surface area contributed by atoms with E-state index in [0.717, 1.165) is 18.4 Å². The Kier molecular flexibility index (Phi) is 3.31. The van der Waals surface area contributed by atoms with Crippen molar-refractivity contribution in [3.05, 3.63) is 35.4 Å². The molecule has 1 amide bonds. The molecule has 1 N–H and O–H groups in total. The van der Waals surface area contributed by atoms with E-state index >= 15 is 0 Å². The van der Waals surface area contributed by atoms with E-state index in [-0.39, 0.29) is 5.91 Å². The first-order chi connectivity index (χ1) is 9.13. The third kappa shape index (κ3) is 2.52. The van der Waals surface area contributed by atoms with Gasteiger partial charge in [0.2, 0.25) is 0 Å². The maximum absolute atomic E-state index is 12.5. The van der Waals surface area contributed by atoms with Crippen LogP contribution in [0.4, 0.5) is 0 Å². The van der Waals surface area contributed by atoms with Crippen molar-refractivity contribution in [1.82, 2.24) is 10.2 Å². The smallest absolute Gasteiger partial charge is 0.253 e. The van der Waals surface area contributed by atoms with Crippen LogP contribution in [0.2, 0.25) is 0 Å². The van der Waals surface area contributed by atoms with Gasteiger partial charge in [0.25, 0.3) is 5.91 Å². The highest BCUT2D eigenvalue weighted by molar-refractivity contribution is 5.94. The molecule has 1 aromatic rings. The highest BCUT2D eigenvalue weighted by Gasteiger charge is 2.36. The van der Waals surface area contributed by atoms with E-state index in [4.69, 9.17) is 0 Å². The lowest BCUT2D eigenvalue weighted by Gasteiger charge is -2.35. The minimum atomic E-state index is 0.159. The number of hydrogen-bond acceptors (Lipinski definition) is 2. The van der Waals surface area contributed by atoms with Crippen molar-refractivity contribution in [2.75, 3.05) is 7.05 Å². The average Bonchev–Trinajstić information content (AvgIpc) is 2.76. The van der Waals surface area contributed by atoms with Crippen LogP contribution in [-0.4, -0.2) is 36.0 Å². The zero-order chi connectivity index (χ0) is 13.4. The minimum Gasteiger partial charge on any atom is -0.339 e. The van der Waals surface area contributed by atoms with Crippen molar-refractivity contribution >= 4 is 5.91 Å². The number of aryl methyl sites for hydroxylation is 1. The Bertz CT molecular complexity index is 456. The molecule has 19 heavy (non-hydrogen) atoms. The highest BCUT2D eigenvalue weighted by Crippen LogP contribution is 2.29. The van der Waals surface area contributed by atoms with Gasteiger partial charge in [-0.1, -0.05) is 17.7 Å². The molecule has 2 aliphatic heterocycles. The maximum Gasteiger partial charge on any atom is 0.253 e. The lowest BCUT2D eigenvalue weighted by molar-refractivity contribution is 0.0681. The number of benzene rings is 1. The van der Waals surface area contributed by atoms with Crippen LogP contribution in [0.3, 0.4) is 0 Å². The molecule has 3 heteroatoms. The summed E-state index contributed by atoms with van der Waals surface area (Å²) in [5, 5.41) is 3.62. The topological polar surface area (TPSA) is 32.3 Å². The molecule has 2 saturated heterocycles. The van der Waals surface area contributed by atoms with Crippen molar-refractivity contribution in [3.8, 4) is 0 Å². The summed E-state index contributed by atoms with van der Waals surface area (Å²) in [7, 11) is 1.96. The van der Waals surface area contributed by atoms with Crippen LogP contribution in [-0.2, 0) is 0 Å². The number of nitrogens with zero attached hydrogens (tertiary/aromatic N) is 1. The van der Waals surface area contributed by atoms with Gasteiger partial charge in [-0.2, -0.15) is 0 Å². The number of amides is 1. The summed E-state index contributed by atoms with van der Waals surface area (Å²) in [6.45, 7) is 2.04. The molecular formula is C16H22N2O. The Balaban J connectivity index is 1.71. The molecule has 2 aliphatic rings. The molecule has 0 spiro atoms. The predicted octanol–water partition coefficient (Wildman–Crippen LogP) is 2.35. The first-order valence-electron chi connectivity index (χ1n) is 7.23. The normalized spacial score (nSPS) is 29.3. The largest absolute Gasteiger partial charge is 0.339 e. The molecule has 2 atom stereocenters. The lowest BCUT2D eigenvalue weighted by atomic mass is 9.98. The van der Waals surface area contributed by atoms with Crippen molar-refractivity contribution < 1.29 is 4.79 Å². The minimum absolute atomic E-state index is 0.159. The summed E-state index contributed by atoms with van der Waals surface area (Å²) >= 11 is 0. The van der Waals surface area contributed by atoms with E-state index in [1.165, 1.54) is 18.4 Å². The third-order valence-electron chi connectivity index (χ3n) is 4.61. The van der Waals surface area contributed by atoms with Gasteiger partial charge in [-0.15, -0.1) is 0 Å². The Morgan fingerprint density at radius 1 is 1.16 bits per heavy atom. The summed E-state index contributed by atoms with van der Waals surface area (Å²) in [5.41, 5.74) is 2.00. The molecule has 1 aromatic carbocycles. The highest BCUT2D eigenvalue weighted by atomic mass is 16.2. The summed E-state index contributed by atoms with van der Waals surface area (Å²) in [6.07, 6.45) is 4.75. The van der Waals surface area contributed by atoms with Gasteiger partial charge in [0, 0.05) is 30.7 Å². The van der Waals surface area contributed by atoms with Crippen LogP contribution < -0.4 is 5.32 Å². The molecule has 102 valence electrons. The van der Waals surface area contributed by atoms with Gasteiger partial charge < -0.3 is 10.2 Å². The van der Waals surface area contributed by atoms with Gasteiger partial charge in [0.05, 0.1) is 0 Å². The van der Waals surface area contributed by atoms with E-state index in [1.807, 2.05) is 43.1 Å². The third-order valence-corrected chi connectivity index (χ3v) is 4.61. The molecule has 0 radical (unpaired) electrons. The van der Waals surface area contributed by atoms with Gasteiger partial charge >= 0.3 is 0 Å². The van der Waals surface area contributed by atoms with Crippen LogP contribution in [0.25, 0.3) is 0 Å². The molecule has 0 aliphatic carbocycles. The summed E-state index contributed by atoms with van der Waals surface area (Å²) in [4.78, 5) is 14.4. The number of carbonyl (C=O) groups is 1. The lowest BCUT2D eigenvalue weighted by Crippen LogP contribution is -2.48. The molecule has 3 nitrogen and oxygen atoms in total. The van der Waals surface area contributed by atoms with Crippen LogP contribution in [0, 0.1) is 6.92 Å². The molecule has 2 bridgehead atoms.